The summed E-state index contributed by atoms with van der Waals surface area (Å²) in [5.74, 6) is 0.810. The molecule has 0 spiro atoms. The van der Waals surface area contributed by atoms with Crippen LogP contribution in [0.4, 0.5) is 0 Å². The van der Waals surface area contributed by atoms with Crippen LogP contribution in [0.25, 0.3) is 0 Å². The average Bonchev–Trinajstić information content (AvgIpc) is 2.48. The van der Waals surface area contributed by atoms with Gasteiger partial charge in [-0.05, 0) is 37.8 Å². The van der Waals surface area contributed by atoms with Crippen molar-refractivity contribution in [2.45, 2.75) is 39.7 Å². The van der Waals surface area contributed by atoms with Crippen molar-refractivity contribution in [2.75, 3.05) is 26.2 Å². The average molecular weight is 208 g/mol. The fourth-order valence-corrected chi connectivity index (χ4v) is 2.77. The van der Waals surface area contributed by atoms with Crippen molar-refractivity contribution in [3.63, 3.8) is 0 Å². The van der Waals surface area contributed by atoms with E-state index in [2.05, 4.69) is 31.0 Å². The van der Waals surface area contributed by atoms with Gasteiger partial charge in [0.15, 0.2) is 0 Å². The van der Waals surface area contributed by atoms with Crippen LogP contribution in [0.3, 0.4) is 0 Å². The Hall–Kier alpha value is -0.340. The van der Waals surface area contributed by atoms with Crippen molar-refractivity contribution in [3.05, 3.63) is 11.1 Å². The Labute approximate surface area is 93.7 Å². The van der Waals surface area contributed by atoms with E-state index in [0.29, 0.717) is 0 Å². The predicted octanol–water partition coefficient (Wildman–Crippen LogP) is 2.03. The van der Waals surface area contributed by atoms with Crippen LogP contribution in [0, 0.1) is 5.92 Å². The molecule has 0 aromatic rings. The van der Waals surface area contributed by atoms with Crippen molar-refractivity contribution in [1.29, 1.82) is 0 Å². The third kappa shape index (κ3) is 2.43. The van der Waals surface area contributed by atoms with Gasteiger partial charge in [0.05, 0.1) is 0 Å². The predicted molar refractivity (Wildman–Crippen MR) is 65.0 cm³/mol. The molecule has 0 aromatic heterocycles. The van der Waals surface area contributed by atoms with E-state index in [4.69, 9.17) is 0 Å². The molecule has 1 N–H and O–H groups in total. The van der Waals surface area contributed by atoms with Gasteiger partial charge >= 0.3 is 0 Å². The fraction of sp³-hybridized carbons (Fsp3) is 0.846. The van der Waals surface area contributed by atoms with Crippen LogP contribution in [0.15, 0.2) is 11.1 Å². The molecule has 2 aliphatic rings. The van der Waals surface area contributed by atoms with Crippen molar-refractivity contribution in [2.24, 2.45) is 5.92 Å². The highest BCUT2D eigenvalue weighted by atomic mass is 15.2. The Kier molecular flexibility index (Phi) is 3.47. The maximum atomic E-state index is 3.32. The molecule has 2 aliphatic heterocycles. The lowest BCUT2D eigenvalue weighted by molar-refractivity contribution is 0.221. The maximum absolute atomic E-state index is 3.32. The molecule has 2 rings (SSSR count). The molecule has 2 heterocycles. The molecule has 86 valence electrons. The van der Waals surface area contributed by atoms with Gasteiger partial charge in [-0.25, -0.2) is 0 Å². The van der Waals surface area contributed by atoms with Crippen LogP contribution in [-0.4, -0.2) is 37.1 Å². The molecule has 0 bridgehead atoms. The number of rotatable bonds is 3. The number of hydrogen-bond donors (Lipinski definition) is 1. The summed E-state index contributed by atoms with van der Waals surface area (Å²) in [6, 6.07) is 0.827. The molecule has 0 saturated carbocycles. The zero-order valence-corrected chi connectivity index (χ0v) is 10.3. The highest BCUT2D eigenvalue weighted by Crippen LogP contribution is 2.25. The molecular weight excluding hydrogens is 184 g/mol. The zero-order valence-electron chi connectivity index (χ0n) is 10.3. The quantitative estimate of drug-likeness (QED) is 0.714. The number of likely N-dealkylation sites (tertiary alicyclic amines) is 1. The molecular formula is C13H24N2. The Morgan fingerprint density at radius 2 is 2.20 bits per heavy atom. The Morgan fingerprint density at radius 3 is 2.73 bits per heavy atom. The highest BCUT2D eigenvalue weighted by Gasteiger charge is 2.27. The van der Waals surface area contributed by atoms with Crippen molar-refractivity contribution in [1.82, 2.24) is 10.2 Å². The molecule has 2 heteroatoms. The van der Waals surface area contributed by atoms with Gasteiger partial charge in [0, 0.05) is 25.7 Å². The van der Waals surface area contributed by atoms with Crippen LogP contribution in [-0.2, 0) is 0 Å². The minimum atomic E-state index is 0.810. The third-order valence-electron chi connectivity index (χ3n) is 3.90. The summed E-state index contributed by atoms with van der Waals surface area (Å²) in [5.41, 5.74) is 3.26. The number of nitrogens with one attached hydrogen (secondary N) is 1. The molecule has 2 saturated heterocycles. The SMILES string of the molecule is CC(CN1CCCC1C(C)C)=C1CNC1. The standard InChI is InChI=1S/C13H24N2/c1-10(2)13-5-4-6-15(13)9-11(3)12-7-14-8-12/h10,13-14H,4-9H2,1-3H3. The minimum Gasteiger partial charge on any atom is -0.309 e. The van der Waals surface area contributed by atoms with E-state index < -0.39 is 0 Å². The van der Waals surface area contributed by atoms with Crippen LogP contribution in [0.5, 0.6) is 0 Å². The maximum Gasteiger partial charge on any atom is 0.0196 e. The lowest BCUT2D eigenvalue weighted by Crippen LogP contribution is -2.39. The summed E-state index contributed by atoms with van der Waals surface area (Å²) in [6.45, 7) is 11.8. The van der Waals surface area contributed by atoms with Crippen molar-refractivity contribution in [3.8, 4) is 0 Å². The smallest absolute Gasteiger partial charge is 0.0196 e. The van der Waals surface area contributed by atoms with Gasteiger partial charge in [-0.1, -0.05) is 19.4 Å². The van der Waals surface area contributed by atoms with Gasteiger partial charge in [-0.2, -0.15) is 0 Å². The monoisotopic (exact) mass is 208 g/mol. The molecule has 2 fully saturated rings. The van der Waals surface area contributed by atoms with E-state index in [0.717, 1.165) is 25.0 Å². The molecule has 0 radical (unpaired) electrons. The molecule has 0 amide bonds. The van der Waals surface area contributed by atoms with Gasteiger partial charge in [0.2, 0.25) is 0 Å². The second-order valence-corrected chi connectivity index (χ2v) is 5.41. The Bertz CT molecular complexity index is 249. The van der Waals surface area contributed by atoms with Gasteiger partial charge in [0.1, 0.15) is 0 Å². The summed E-state index contributed by atoms with van der Waals surface area (Å²) < 4.78 is 0. The summed E-state index contributed by atoms with van der Waals surface area (Å²) >= 11 is 0. The summed E-state index contributed by atoms with van der Waals surface area (Å²) in [7, 11) is 0. The van der Waals surface area contributed by atoms with Crippen LogP contribution >= 0.6 is 0 Å². The first kappa shape index (κ1) is 11.2. The first-order valence-electron chi connectivity index (χ1n) is 6.30. The lowest BCUT2D eigenvalue weighted by Gasteiger charge is -2.30. The van der Waals surface area contributed by atoms with Gasteiger partial charge in [-0.15, -0.1) is 0 Å². The second-order valence-electron chi connectivity index (χ2n) is 5.41. The van der Waals surface area contributed by atoms with Crippen molar-refractivity contribution < 1.29 is 0 Å². The number of hydrogen-bond acceptors (Lipinski definition) is 2. The molecule has 2 nitrogen and oxygen atoms in total. The topological polar surface area (TPSA) is 15.3 Å². The van der Waals surface area contributed by atoms with E-state index in [1.165, 1.54) is 25.9 Å². The van der Waals surface area contributed by atoms with Crippen LogP contribution in [0.2, 0.25) is 0 Å². The van der Waals surface area contributed by atoms with E-state index in [-0.39, 0.29) is 0 Å². The fourth-order valence-electron chi connectivity index (χ4n) is 2.77. The molecule has 0 aromatic carbocycles. The Morgan fingerprint density at radius 1 is 1.47 bits per heavy atom. The Balaban J connectivity index is 1.93. The second kappa shape index (κ2) is 4.67. The molecule has 15 heavy (non-hydrogen) atoms. The van der Waals surface area contributed by atoms with E-state index in [1.807, 2.05) is 0 Å². The zero-order chi connectivity index (χ0) is 10.8. The van der Waals surface area contributed by atoms with Crippen LogP contribution in [0.1, 0.15) is 33.6 Å². The first-order valence-corrected chi connectivity index (χ1v) is 6.30. The largest absolute Gasteiger partial charge is 0.309 e. The minimum absolute atomic E-state index is 0.810. The summed E-state index contributed by atoms with van der Waals surface area (Å²) in [4.78, 5) is 2.69. The first-order chi connectivity index (χ1) is 7.18. The van der Waals surface area contributed by atoms with Gasteiger partial charge in [-0.3, -0.25) is 4.90 Å². The van der Waals surface area contributed by atoms with Crippen LogP contribution < -0.4 is 5.32 Å². The normalized spacial score (nSPS) is 27.2. The lowest BCUT2D eigenvalue weighted by atomic mass is 10.00. The summed E-state index contributed by atoms with van der Waals surface area (Å²) in [6.07, 6.45) is 2.79. The third-order valence-corrected chi connectivity index (χ3v) is 3.90. The molecule has 1 atom stereocenters. The molecule has 0 aliphatic carbocycles. The van der Waals surface area contributed by atoms with E-state index in [9.17, 15) is 0 Å². The highest BCUT2D eigenvalue weighted by molar-refractivity contribution is 5.22. The van der Waals surface area contributed by atoms with E-state index >= 15 is 0 Å². The van der Waals surface area contributed by atoms with Gasteiger partial charge in [0.25, 0.3) is 0 Å². The summed E-state index contributed by atoms with van der Waals surface area (Å²) in [5, 5.41) is 3.32. The number of nitrogens with zero attached hydrogens (tertiary/aromatic N) is 1. The van der Waals surface area contributed by atoms with E-state index in [1.54, 1.807) is 11.1 Å². The molecule has 1 unspecified atom stereocenters. The van der Waals surface area contributed by atoms with Crippen molar-refractivity contribution >= 4 is 0 Å². The van der Waals surface area contributed by atoms with Gasteiger partial charge < -0.3 is 5.32 Å².